The van der Waals surface area contributed by atoms with Crippen LogP contribution in [0.4, 0.5) is 10.2 Å². The number of fused-ring (bicyclic) bond motifs is 1. The van der Waals surface area contributed by atoms with Crippen LogP contribution in [0.3, 0.4) is 0 Å². The van der Waals surface area contributed by atoms with Gasteiger partial charge in [-0.3, -0.25) is 4.98 Å². The number of aromatic amines is 1. The van der Waals surface area contributed by atoms with E-state index in [-0.39, 0.29) is 34.2 Å². The first-order chi connectivity index (χ1) is 13.5. The van der Waals surface area contributed by atoms with Crippen molar-refractivity contribution in [2.75, 3.05) is 0 Å². The van der Waals surface area contributed by atoms with Crippen molar-refractivity contribution in [2.24, 2.45) is 5.11 Å². The van der Waals surface area contributed by atoms with Crippen LogP contribution < -0.4 is 4.74 Å². The summed E-state index contributed by atoms with van der Waals surface area (Å²) in [5.41, 5.74) is 8.27. The van der Waals surface area contributed by atoms with Crippen molar-refractivity contribution in [1.29, 1.82) is 5.53 Å². The summed E-state index contributed by atoms with van der Waals surface area (Å²) in [6, 6.07) is 11.8. The van der Waals surface area contributed by atoms with E-state index in [0.29, 0.717) is 21.9 Å². The third kappa shape index (κ3) is 3.10. The van der Waals surface area contributed by atoms with Gasteiger partial charge in [-0.05, 0) is 42.0 Å². The molecule has 2 heterocycles. The molecule has 0 atom stereocenters. The van der Waals surface area contributed by atoms with Crippen LogP contribution in [0, 0.1) is 11.3 Å². The maximum absolute atomic E-state index is 13.6. The van der Waals surface area contributed by atoms with E-state index in [2.05, 4.69) is 15.1 Å². The maximum Gasteiger partial charge on any atom is 0.229 e. The van der Waals surface area contributed by atoms with Gasteiger partial charge in [-0.25, -0.2) is 9.92 Å². The first-order valence-electron chi connectivity index (χ1n) is 8.01. The summed E-state index contributed by atoms with van der Waals surface area (Å²) in [4.78, 5) is 6.61. The fourth-order valence-corrected chi connectivity index (χ4v) is 2.97. The van der Waals surface area contributed by atoms with Gasteiger partial charge in [-0.15, -0.1) is 5.11 Å². The topological polar surface area (TPSA) is 115 Å². The summed E-state index contributed by atoms with van der Waals surface area (Å²) < 4.78 is 19.3. The Labute approximate surface area is 162 Å². The van der Waals surface area contributed by atoms with Crippen molar-refractivity contribution >= 4 is 28.2 Å². The quantitative estimate of drug-likeness (QED) is 0.321. The molecule has 2 aromatic carbocycles. The molecule has 0 aliphatic heterocycles. The summed E-state index contributed by atoms with van der Waals surface area (Å²) in [5.74, 6) is -0.662. The number of aromatic hydroxyl groups is 2. The molecule has 7 nitrogen and oxygen atoms in total. The number of hydrogen-bond acceptors (Lipinski definition) is 6. The van der Waals surface area contributed by atoms with Gasteiger partial charge in [0.05, 0.1) is 5.02 Å². The largest absolute Gasteiger partial charge is 0.494 e. The Bertz CT molecular complexity index is 1230. The first kappa shape index (κ1) is 17.7. The van der Waals surface area contributed by atoms with Gasteiger partial charge in [-0.2, -0.15) is 4.98 Å². The normalized spacial score (nSPS) is 10.9. The van der Waals surface area contributed by atoms with E-state index >= 15 is 0 Å². The number of aromatic nitrogens is 2. The summed E-state index contributed by atoms with van der Waals surface area (Å²) in [7, 11) is 0. The molecule has 9 heteroatoms. The van der Waals surface area contributed by atoms with Crippen molar-refractivity contribution < 1.29 is 19.3 Å². The van der Waals surface area contributed by atoms with Crippen LogP contribution in [0.25, 0.3) is 21.9 Å². The van der Waals surface area contributed by atoms with E-state index in [0.717, 1.165) is 6.07 Å². The molecule has 4 aromatic rings. The van der Waals surface area contributed by atoms with Gasteiger partial charge in [0.15, 0.2) is 23.3 Å². The third-order valence-corrected chi connectivity index (χ3v) is 4.45. The fraction of sp³-hybridized carbons (Fsp3) is 0. The molecule has 0 unspecified atom stereocenters. The minimum Gasteiger partial charge on any atom is -0.494 e. The molecule has 0 radical (unpaired) electrons. The number of pyridine rings is 1. The molecule has 4 N–H and O–H groups in total. The highest BCUT2D eigenvalue weighted by Crippen LogP contribution is 2.40. The second-order valence-electron chi connectivity index (χ2n) is 5.89. The number of benzene rings is 2. The van der Waals surface area contributed by atoms with E-state index < -0.39 is 5.82 Å². The molecule has 140 valence electrons. The van der Waals surface area contributed by atoms with Crippen molar-refractivity contribution in [3.8, 4) is 34.5 Å². The molecule has 28 heavy (non-hydrogen) atoms. The van der Waals surface area contributed by atoms with Crippen LogP contribution in [0.1, 0.15) is 0 Å². The summed E-state index contributed by atoms with van der Waals surface area (Å²) in [5, 5.41) is 24.1. The Morgan fingerprint density at radius 2 is 1.82 bits per heavy atom. The molecule has 0 fully saturated rings. The zero-order valence-electron chi connectivity index (χ0n) is 14.1. The molecule has 0 aliphatic carbocycles. The first-order valence-corrected chi connectivity index (χ1v) is 8.39. The highest BCUT2D eigenvalue weighted by Gasteiger charge is 2.16. The molecule has 0 aliphatic rings. The third-order valence-electron chi connectivity index (χ3n) is 4.14. The zero-order valence-corrected chi connectivity index (χ0v) is 14.8. The molecule has 0 saturated heterocycles. The predicted octanol–water partition coefficient (Wildman–Crippen LogP) is 5.89. The fourth-order valence-electron chi connectivity index (χ4n) is 2.81. The highest BCUT2D eigenvalue weighted by molar-refractivity contribution is 6.32. The molecular weight excluding hydrogens is 387 g/mol. The van der Waals surface area contributed by atoms with Crippen molar-refractivity contribution in [2.45, 2.75) is 0 Å². The van der Waals surface area contributed by atoms with Crippen LogP contribution in [0.5, 0.6) is 23.4 Å². The number of ether oxygens (including phenoxy) is 1. The predicted molar refractivity (Wildman–Crippen MR) is 101 cm³/mol. The van der Waals surface area contributed by atoms with Crippen LogP contribution >= 0.6 is 11.6 Å². The number of nitrogens with one attached hydrogen (secondary N) is 2. The lowest BCUT2D eigenvalue weighted by Gasteiger charge is -2.12. The van der Waals surface area contributed by atoms with Crippen LogP contribution in [-0.2, 0) is 0 Å². The molecule has 2 aromatic heterocycles. The van der Waals surface area contributed by atoms with Gasteiger partial charge >= 0.3 is 0 Å². The lowest BCUT2D eigenvalue weighted by Crippen LogP contribution is -1.93. The van der Waals surface area contributed by atoms with E-state index in [1.165, 1.54) is 18.2 Å². The molecular formula is C19H12ClFN4O3. The van der Waals surface area contributed by atoms with Gasteiger partial charge in [0.1, 0.15) is 5.82 Å². The lowest BCUT2D eigenvalue weighted by atomic mass is 10.0. The van der Waals surface area contributed by atoms with E-state index in [9.17, 15) is 14.6 Å². The number of hydrogen-bond donors (Lipinski definition) is 4. The average Bonchev–Trinajstić information content (AvgIpc) is 2.98. The molecule has 0 spiro atoms. The van der Waals surface area contributed by atoms with Crippen LogP contribution in [0.2, 0.25) is 5.02 Å². The minimum absolute atomic E-state index is 0.0552. The zero-order chi connectivity index (χ0) is 19.8. The van der Waals surface area contributed by atoms with E-state index in [4.69, 9.17) is 21.9 Å². The monoisotopic (exact) mass is 398 g/mol. The SMILES string of the molecule is N=Nc1ccc(-c2ccc3c(O)[nH]c(O)c3c2)c(Oc2cc(F)ccc2Cl)n1. The Kier molecular flexibility index (Phi) is 4.32. The smallest absolute Gasteiger partial charge is 0.229 e. The number of halogens is 2. The van der Waals surface area contributed by atoms with Crippen molar-refractivity contribution in [3.63, 3.8) is 0 Å². The van der Waals surface area contributed by atoms with E-state index in [1.807, 2.05) is 0 Å². The number of nitrogens with zero attached hydrogens (tertiary/aromatic N) is 2. The minimum atomic E-state index is -0.531. The summed E-state index contributed by atoms with van der Waals surface area (Å²) >= 11 is 6.07. The Balaban J connectivity index is 1.86. The number of rotatable bonds is 4. The Morgan fingerprint density at radius 3 is 2.61 bits per heavy atom. The average molecular weight is 399 g/mol. The Hall–Kier alpha value is -3.65. The molecule has 0 amide bonds. The van der Waals surface area contributed by atoms with Crippen molar-refractivity contribution in [3.05, 3.63) is 59.4 Å². The van der Waals surface area contributed by atoms with Crippen LogP contribution in [-0.4, -0.2) is 20.2 Å². The van der Waals surface area contributed by atoms with Gasteiger partial charge in [0, 0.05) is 22.4 Å². The summed E-state index contributed by atoms with van der Waals surface area (Å²) in [6.45, 7) is 0. The highest BCUT2D eigenvalue weighted by atomic mass is 35.5. The number of H-pyrrole nitrogens is 1. The second kappa shape index (κ2) is 6.82. The van der Waals surface area contributed by atoms with Gasteiger partial charge < -0.3 is 14.9 Å². The standard InChI is InChI=1S/C19H12ClFN4O3/c20-14-5-2-10(21)8-15(14)28-19-11(4-6-16(23-19)25-22)9-1-3-12-13(7-9)18(27)24-17(12)26/h1-8,22,24,26-27H. The second-order valence-corrected chi connectivity index (χ2v) is 6.30. The molecule has 0 saturated carbocycles. The van der Waals surface area contributed by atoms with Crippen LogP contribution in [0.15, 0.2) is 53.6 Å². The lowest BCUT2D eigenvalue weighted by molar-refractivity contribution is 0.429. The molecule has 4 rings (SSSR count). The van der Waals surface area contributed by atoms with E-state index in [1.54, 1.807) is 24.3 Å². The maximum atomic E-state index is 13.6. The van der Waals surface area contributed by atoms with Gasteiger partial charge in [0.25, 0.3) is 0 Å². The molecule has 0 bridgehead atoms. The summed E-state index contributed by atoms with van der Waals surface area (Å²) in [6.07, 6.45) is 0. The van der Waals surface area contributed by atoms with Crippen molar-refractivity contribution in [1.82, 2.24) is 9.97 Å². The Morgan fingerprint density at radius 1 is 1.04 bits per heavy atom. The van der Waals surface area contributed by atoms with Gasteiger partial charge in [-0.1, -0.05) is 17.7 Å². The van der Waals surface area contributed by atoms with Gasteiger partial charge in [0.2, 0.25) is 5.88 Å².